The molecule has 0 fully saturated rings. The maximum Gasteiger partial charge on any atom is 0.495 e. The maximum atomic E-state index is 14.1. The Balaban J connectivity index is 1.79. The smallest absolute Gasteiger partial charge is 0.495 e. The van der Waals surface area contributed by atoms with Gasteiger partial charge in [-0.05, 0) is 11.1 Å². The highest BCUT2D eigenvalue weighted by molar-refractivity contribution is 7.95. The molecule has 3 rings (SSSR count). The van der Waals surface area contributed by atoms with Crippen molar-refractivity contribution in [3.8, 4) is 0 Å². The van der Waals surface area contributed by atoms with Crippen LogP contribution < -0.4 is 0 Å². The van der Waals surface area contributed by atoms with Gasteiger partial charge in [-0.3, -0.25) is 4.79 Å². The summed E-state index contributed by atoms with van der Waals surface area (Å²) < 4.78 is 39.9. The lowest BCUT2D eigenvalue weighted by Crippen LogP contribution is -2.46. The van der Waals surface area contributed by atoms with Gasteiger partial charge in [0.2, 0.25) is 0 Å². The first-order valence-corrected chi connectivity index (χ1v) is 8.08. The summed E-state index contributed by atoms with van der Waals surface area (Å²) in [5, 5.41) is -2.53. The normalized spacial score (nSPS) is 15.9. The van der Waals surface area contributed by atoms with E-state index in [-0.39, 0.29) is 17.4 Å². The average molecular weight is 328 g/mol. The number of hydrogen-bond acceptors (Lipinski definition) is 4. The standard InChI is InChI=1S/C13H10F2N2O2S2/c14-13(15,21(19)12-16-5-6-20-12)11(18)17-7-9-3-1-2-4-10(9)8-17/h1-6H,7-8H2. The molecule has 0 spiro atoms. The van der Waals surface area contributed by atoms with Crippen molar-refractivity contribution in [2.75, 3.05) is 0 Å². The summed E-state index contributed by atoms with van der Waals surface area (Å²) >= 11 is -1.93. The number of alkyl halides is 2. The minimum absolute atomic E-state index is 0.111. The second kappa shape index (κ2) is 5.36. The predicted octanol–water partition coefficient (Wildman–Crippen LogP) is 2.39. The van der Waals surface area contributed by atoms with Gasteiger partial charge in [-0.2, -0.15) is 4.98 Å². The van der Waals surface area contributed by atoms with E-state index in [4.69, 9.17) is 0 Å². The largest absolute Gasteiger partial charge is 0.604 e. The molecule has 21 heavy (non-hydrogen) atoms. The topological polar surface area (TPSA) is 56.3 Å². The fourth-order valence-corrected chi connectivity index (χ4v) is 4.01. The number of fused-ring (bicyclic) bond motifs is 1. The molecule has 1 atom stereocenters. The van der Waals surface area contributed by atoms with E-state index in [1.165, 1.54) is 11.6 Å². The number of hydrogen-bond donors (Lipinski definition) is 0. The van der Waals surface area contributed by atoms with Gasteiger partial charge in [0, 0.05) is 24.7 Å². The zero-order valence-electron chi connectivity index (χ0n) is 10.7. The van der Waals surface area contributed by atoms with Gasteiger partial charge in [0.1, 0.15) is 11.2 Å². The maximum absolute atomic E-state index is 14.1. The third-order valence-electron chi connectivity index (χ3n) is 3.18. The highest BCUT2D eigenvalue weighted by Gasteiger charge is 2.57. The molecule has 8 heteroatoms. The van der Waals surface area contributed by atoms with Gasteiger partial charge in [-0.1, -0.05) is 35.6 Å². The fraction of sp³-hybridized carbons (Fsp3) is 0.231. The number of benzene rings is 1. The Morgan fingerprint density at radius 2 is 1.95 bits per heavy atom. The van der Waals surface area contributed by atoms with Crippen LogP contribution >= 0.6 is 11.3 Å². The predicted molar refractivity (Wildman–Crippen MR) is 74.2 cm³/mol. The third-order valence-corrected chi connectivity index (χ3v) is 5.55. The lowest BCUT2D eigenvalue weighted by atomic mass is 10.1. The van der Waals surface area contributed by atoms with E-state index in [0.717, 1.165) is 27.4 Å². The fourth-order valence-electron chi connectivity index (χ4n) is 2.15. The van der Waals surface area contributed by atoms with Gasteiger partial charge < -0.3 is 9.45 Å². The van der Waals surface area contributed by atoms with Gasteiger partial charge in [-0.15, -0.1) is 8.78 Å². The molecule has 1 aliphatic heterocycles. The molecule has 2 heterocycles. The first kappa shape index (κ1) is 14.4. The van der Waals surface area contributed by atoms with Crippen LogP contribution in [0.3, 0.4) is 0 Å². The van der Waals surface area contributed by atoms with E-state index in [0.29, 0.717) is 0 Å². The molecule has 2 aromatic rings. The van der Waals surface area contributed by atoms with Crippen molar-refractivity contribution in [2.45, 2.75) is 22.7 Å². The molecule has 110 valence electrons. The summed E-state index contributed by atoms with van der Waals surface area (Å²) in [5.41, 5.74) is 1.67. The zero-order chi connectivity index (χ0) is 15.0. The molecule has 1 unspecified atom stereocenters. The molecule has 1 aromatic carbocycles. The van der Waals surface area contributed by atoms with E-state index in [1.54, 1.807) is 24.3 Å². The van der Waals surface area contributed by atoms with Gasteiger partial charge >= 0.3 is 15.5 Å². The van der Waals surface area contributed by atoms with Gasteiger partial charge in [0.15, 0.2) is 0 Å². The van der Waals surface area contributed by atoms with Crippen LogP contribution in [0.2, 0.25) is 0 Å². The Kier molecular flexibility index (Phi) is 3.68. The molecule has 0 aliphatic carbocycles. The molecule has 0 bridgehead atoms. The first-order chi connectivity index (χ1) is 10.00. The van der Waals surface area contributed by atoms with Crippen LogP contribution in [0.1, 0.15) is 11.1 Å². The monoisotopic (exact) mass is 328 g/mol. The Hall–Kier alpha value is -1.51. The number of carbonyl (C=O) groups is 1. The summed E-state index contributed by atoms with van der Waals surface area (Å²) in [6, 6.07) is 7.16. The number of thiazole rings is 1. The number of nitrogens with zero attached hydrogens (tertiary/aromatic N) is 2. The molecule has 0 saturated carbocycles. The minimum Gasteiger partial charge on any atom is -0.604 e. The van der Waals surface area contributed by atoms with Crippen molar-refractivity contribution >= 4 is 28.4 Å². The van der Waals surface area contributed by atoms with Crippen LogP contribution in [0, 0.1) is 0 Å². The van der Waals surface area contributed by atoms with E-state index in [2.05, 4.69) is 4.98 Å². The molecule has 1 aromatic heterocycles. The van der Waals surface area contributed by atoms with Crippen LogP contribution in [0.15, 0.2) is 40.2 Å². The SMILES string of the molecule is O=C(N1Cc2ccccc2C1)C(F)(F)[S+]([O-])c1nccs1. The van der Waals surface area contributed by atoms with Crippen LogP contribution in [0.5, 0.6) is 0 Å². The van der Waals surface area contributed by atoms with Crippen LogP contribution in [-0.4, -0.2) is 25.6 Å². The van der Waals surface area contributed by atoms with E-state index >= 15 is 0 Å². The Bertz CT molecular complexity index is 639. The van der Waals surface area contributed by atoms with E-state index in [9.17, 15) is 18.1 Å². The quantitative estimate of drug-likeness (QED) is 0.813. The Morgan fingerprint density at radius 1 is 1.33 bits per heavy atom. The zero-order valence-corrected chi connectivity index (χ0v) is 12.3. The van der Waals surface area contributed by atoms with Crippen LogP contribution in [-0.2, 0) is 29.1 Å². The Labute approximate surface area is 126 Å². The van der Waals surface area contributed by atoms with Crippen molar-refractivity contribution in [1.29, 1.82) is 0 Å². The number of carbonyl (C=O) groups excluding carboxylic acids is 1. The number of amides is 1. The number of halogens is 2. The summed E-state index contributed by atoms with van der Waals surface area (Å²) in [5.74, 6) is -1.42. The van der Waals surface area contributed by atoms with E-state index < -0.39 is 22.3 Å². The molecular formula is C13H10F2N2O2S2. The second-order valence-corrected chi connectivity index (χ2v) is 7.10. The molecule has 4 nitrogen and oxygen atoms in total. The van der Waals surface area contributed by atoms with Gasteiger partial charge in [0.25, 0.3) is 0 Å². The number of aromatic nitrogens is 1. The van der Waals surface area contributed by atoms with Gasteiger partial charge in [0.05, 0.1) is 0 Å². The van der Waals surface area contributed by atoms with Crippen molar-refractivity contribution in [1.82, 2.24) is 9.88 Å². The molecule has 0 saturated heterocycles. The van der Waals surface area contributed by atoms with E-state index in [1.807, 2.05) is 0 Å². The summed E-state index contributed by atoms with van der Waals surface area (Å²) in [6.45, 7) is 0.222. The highest BCUT2D eigenvalue weighted by Crippen LogP contribution is 2.34. The summed E-state index contributed by atoms with van der Waals surface area (Å²) in [4.78, 5) is 16.7. The summed E-state index contributed by atoms with van der Waals surface area (Å²) in [6.07, 6.45) is 1.28. The first-order valence-electron chi connectivity index (χ1n) is 6.05. The second-order valence-electron chi connectivity index (χ2n) is 4.51. The highest BCUT2D eigenvalue weighted by atomic mass is 32.2. The Morgan fingerprint density at radius 3 is 2.48 bits per heavy atom. The van der Waals surface area contributed by atoms with Crippen LogP contribution in [0.25, 0.3) is 0 Å². The van der Waals surface area contributed by atoms with Gasteiger partial charge in [-0.25, -0.2) is 0 Å². The van der Waals surface area contributed by atoms with Crippen LogP contribution in [0.4, 0.5) is 8.78 Å². The van der Waals surface area contributed by atoms with Crippen molar-refractivity contribution in [3.05, 3.63) is 47.0 Å². The van der Waals surface area contributed by atoms with Crippen molar-refractivity contribution in [2.24, 2.45) is 0 Å². The molecule has 1 amide bonds. The van der Waals surface area contributed by atoms with Crippen molar-refractivity contribution < 1.29 is 18.1 Å². The lowest BCUT2D eigenvalue weighted by molar-refractivity contribution is -0.147. The molecule has 0 N–H and O–H groups in total. The molecule has 0 radical (unpaired) electrons. The van der Waals surface area contributed by atoms with Crippen molar-refractivity contribution in [3.63, 3.8) is 0 Å². The lowest BCUT2D eigenvalue weighted by Gasteiger charge is -2.22. The molecule has 1 aliphatic rings. The minimum atomic E-state index is -3.97. The summed E-state index contributed by atoms with van der Waals surface area (Å²) in [7, 11) is 0. The average Bonchev–Trinajstić information content (AvgIpc) is 3.14. The number of rotatable bonds is 3. The molecular weight excluding hydrogens is 318 g/mol. The third kappa shape index (κ3) is 2.54.